The Morgan fingerprint density at radius 2 is 1.90 bits per heavy atom. The van der Waals surface area contributed by atoms with Crippen LogP contribution in [0.2, 0.25) is 0 Å². The minimum Gasteiger partial charge on any atom is -0.310 e. The fourth-order valence-electron chi connectivity index (χ4n) is 2.09. The summed E-state index contributed by atoms with van der Waals surface area (Å²) >= 11 is 0. The van der Waals surface area contributed by atoms with Gasteiger partial charge in [-0.25, -0.2) is 0 Å². The van der Waals surface area contributed by atoms with Crippen molar-refractivity contribution in [3.05, 3.63) is 53.9 Å². The predicted octanol–water partition coefficient (Wildman–Crippen LogP) is 3.45. The summed E-state index contributed by atoms with van der Waals surface area (Å²) in [7, 11) is 0. The maximum atomic E-state index is 11.6. The number of carbonyl (C=O) groups is 1. The molecule has 0 fully saturated rings. The van der Waals surface area contributed by atoms with Crippen molar-refractivity contribution < 1.29 is 4.79 Å². The second kappa shape index (κ2) is 6.44. The lowest BCUT2D eigenvalue weighted by atomic mass is 9.97. The molecule has 0 unspecified atom stereocenters. The summed E-state index contributed by atoms with van der Waals surface area (Å²) in [5, 5.41) is 3.41. The molecule has 0 radical (unpaired) electrons. The van der Waals surface area contributed by atoms with Gasteiger partial charge in [0, 0.05) is 30.5 Å². The molecule has 0 saturated heterocycles. The molecule has 1 N–H and O–H groups in total. The summed E-state index contributed by atoms with van der Waals surface area (Å²) < 4.78 is 0. The van der Waals surface area contributed by atoms with Crippen LogP contribution in [0.1, 0.15) is 36.7 Å². The highest BCUT2D eigenvalue weighted by Gasteiger charge is 2.09. The third kappa shape index (κ3) is 3.52. The van der Waals surface area contributed by atoms with E-state index in [2.05, 4.69) is 24.1 Å². The summed E-state index contributed by atoms with van der Waals surface area (Å²) in [4.78, 5) is 15.6. The molecule has 2 aromatic rings. The Morgan fingerprint density at radius 1 is 1.20 bits per heavy atom. The van der Waals surface area contributed by atoms with Gasteiger partial charge in [0.2, 0.25) is 0 Å². The first-order valence-corrected chi connectivity index (χ1v) is 6.85. The molecule has 20 heavy (non-hydrogen) atoms. The average Bonchev–Trinajstić information content (AvgIpc) is 2.45. The van der Waals surface area contributed by atoms with E-state index in [0.717, 1.165) is 28.8 Å². The Bertz CT molecular complexity index is 591. The number of hydrogen-bond acceptors (Lipinski definition) is 3. The Morgan fingerprint density at radius 3 is 2.50 bits per heavy atom. The van der Waals surface area contributed by atoms with Gasteiger partial charge in [-0.3, -0.25) is 9.78 Å². The molecule has 0 saturated carbocycles. The van der Waals surface area contributed by atoms with Gasteiger partial charge in [0.05, 0.1) is 0 Å². The maximum Gasteiger partial charge on any atom is 0.159 e. The molecule has 0 aliphatic heterocycles. The zero-order valence-electron chi connectivity index (χ0n) is 12.2. The van der Waals surface area contributed by atoms with Crippen LogP contribution >= 0.6 is 0 Å². The highest BCUT2D eigenvalue weighted by atomic mass is 16.1. The average molecular weight is 268 g/mol. The van der Waals surface area contributed by atoms with E-state index in [9.17, 15) is 4.79 Å². The molecule has 2 rings (SSSR count). The van der Waals surface area contributed by atoms with Gasteiger partial charge >= 0.3 is 0 Å². The number of benzene rings is 1. The van der Waals surface area contributed by atoms with Crippen molar-refractivity contribution in [2.75, 3.05) is 0 Å². The van der Waals surface area contributed by atoms with Crippen LogP contribution in [0, 0.1) is 0 Å². The molecule has 104 valence electrons. The van der Waals surface area contributed by atoms with E-state index >= 15 is 0 Å². The SMILES string of the molecule is CC(=O)c1ccc(-c2ccncc2)c(CNC(C)C)c1. The highest BCUT2D eigenvalue weighted by molar-refractivity contribution is 5.95. The first-order chi connectivity index (χ1) is 9.58. The number of rotatable bonds is 5. The number of ketones is 1. The third-order valence-electron chi connectivity index (χ3n) is 3.20. The van der Waals surface area contributed by atoms with Gasteiger partial charge in [-0.1, -0.05) is 26.0 Å². The van der Waals surface area contributed by atoms with Gasteiger partial charge in [0.15, 0.2) is 5.78 Å². The van der Waals surface area contributed by atoms with E-state index in [0.29, 0.717) is 6.04 Å². The smallest absolute Gasteiger partial charge is 0.159 e. The Hall–Kier alpha value is -2.00. The van der Waals surface area contributed by atoms with E-state index in [1.54, 1.807) is 19.3 Å². The molecule has 1 aromatic carbocycles. The molecule has 0 bridgehead atoms. The molecule has 0 spiro atoms. The topological polar surface area (TPSA) is 42.0 Å². The second-order valence-electron chi connectivity index (χ2n) is 5.20. The lowest BCUT2D eigenvalue weighted by Crippen LogP contribution is -2.22. The molecule has 3 nitrogen and oxygen atoms in total. The summed E-state index contributed by atoms with van der Waals surface area (Å²) in [5.41, 5.74) is 4.15. The van der Waals surface area contributed by atoms with Gasteiger partial charge in [-0.15, -0.1) is 0 Å². The summed E-state index contributed by atoms with van der Waals surface area (Å²) in [6, 6.07) is 10.3. The zero-order valence-corrected chi connectivity index (χ0v) is 12.2. The highest BCUT2D eigenvalue weighted by Crippen LogP contribution is 2.24. The maximum absolute atomic E-state index is 11.6. The molecule has 1 aromatic heterocycles. The van der Waals surface area contributed by atoms with Gasteiger partial charge in [-0.2, -0.15) is 0 Å². The van der Waals surface area contributed by atoms with Crippen LogP contribution in [-0.2, 0) is 6.54 Å². The van der Waals surface area contributed by atoms with E-state index < -0.39 is 0 Å². The molecule has 0 aliphatic carbocycles. The monoisotopic (exact) mass is 268 g/mol. The van der Waals surface area contributed by atoms with Crippen LogP contribution in [0.3, 0.4) is 0 Å². The van der Waals surface area contributed by atoms with Crippen molar-refractivity contribution >= 4 is 5.78 Å². The molecular weight excluding hydrogens is 248 g/mol. The van der Waals surface area contributed by atoms with Gasteiger partial charge in [0.25, 0.3) is 0 Å². The Labute approximate surface area is 120 Å². The molecule has 3 heteroatoms. The van der Waals surface area contributed by atoms with Crippen molar-refractivity contribution in [1.29, 1.82) is 0 Å². The van der Waals surface area contributed by atoms with Crippen molar-refractivity contribution in [3.8, 4) is 11.1 Å². The molecule has 0 amide bonds. The van der Waals surface area contributed by atoms with Gasteiger partial charge in [0.1, 0.15) is 0 Å². The Balaban J connectivity index is 2.42. The van der Waals surface area contributed by atoms with Crippen LogP contribution in [0.15, 0.2) is 42.7 Å². The number of nitrogens with one attached hydrogen (secondary N) is 1. The van der Waals surface area contributed by atoms with Crippen LogP contribution in [0.25, 0.3) is 11.1 Å². The summed E-state index contributed by atoms with van der Waals surface area (Å²) in [6.07, 6.45) is 3.57. The van der Waals surface area contributed by atoms with E-state index in [-0.39, 0.29) is 5.78 Å². The summed E-state index contributed by atoms with van der Waals surface area (Å²) in [6.45, 7) is 6.57. The predicted molar refractivity (Wildman–Crippen MR) is 81.7 cm³/mol. The van der Waals surface area contributed by atoms with Crippen LogP contribution < -0.4 is 5.32 Å². The minimum atomic E-state index is 0.0945. The first-order valence-electron chi connectivity index (χ1n) is 6.85. The molecule has 1 heterocycles. The fraction of sp³-hybridized carbons (Fsp3) is 0.294. The van der Waals surface area contributed by atoms with Crippen molar-refractivity contribution in [2.45, 2.75) is 33.4 Å². The second-order valence-corrected chi connectivity index (χ2v) is 5.20. The lowest BCUT2D eigenvalue weighted by Gasteiger charge is -2.14. The van der Waals surface area contributed by atoms with Crippen LogP contribution in [-0.4, -0.2) is 16.8 Å². The normalized spacial score (nSPS) is 10.8. The van der Waals surface area contributed by atoms with Crippen molar-refractivity contribution in [1.82, 2.24) is 10.3 Å². The standard InChI is InChI=1S/C17H20N2O/c1-12(2)19-11-16-10-15(13(3)20)4-5-17(16)14-6-8-18-9-7-14/h4-10,12,19H,11H2,1-3H3. The largest absolute Gasteiger partial charge is 0.310 e. The van der Waals surface area contributed by atoms with Gasteiger partial charge < -0.3 is 5.32 Å². The lowest BCUT2D eigenvalue weighted by molar-refractivity contribution is 0.101. The van der Waals surface area contributed by atoms with Crippen molar-refractivity contribution in [2.24, 2.45) is 0 Å². The van der Waals surface area contributed by atoms with E-state index in [4.69, 9.17) is 0 Å². The number of Topliss-reactive ketones (excluding diaryl/α,β-unsaturated/α-hetero) is 1. The third-order valence-corrected chi connectivity index (χ3v) is 3.20. The number of pyridine rings is 1. The van der Waals surface area contributed by atoms with E-state index in [1.807, 2.05) is 30.3 Å². The van der Waals surface area contributed by atoms with Crippen molar-refractivity contribution in [3.63, 3.8) is 0 Å². The minimum absolute atomic E-state index is 0.0945. The Kier molecular flexibility index (Phi) is 4.64. The molecule has 0 atom stereocenters. The number of nitrogens with zero attached hydrogens (tertiary/aromatic N) is 1. The first kappa shape index (κ1) is 14.4. The number of carbonyl (C=O) groups excluding carboxylic acids is 1. The van der Waals surface area contributed by atoms with E-state index in [1.165, 1.54) is 0 Å². The molecule has 0 aliphatic rings. The summed E-state index contributed by atoms with van der Waals surface area (Å²) in [5.74, 6) is 0.0945. The van der Waals surface area contributed by atoms with Crippen LogP contribution in [0.5, 0.6) is 0 Å². The quantitative estimate of drug-likeness (QED) is 0.844. The fourth-order valence-corrected chi connectivity index (χ4v) is 2.09. The van der Waals surface area contributed by atoms with Crippen LogP contribution in [0.4, 0.5) is 0 Å². The number of aromatic nitrogens is 1. The zero-order chi connectivity index (χ0) is 14.5. The molecular formula is C17H20N2O. The number of hydrogen-bond donors (Lipinski definition) is 1. The van der Waals surface area contributed by atoms with Gasteiger partial charge in [-0.05, 0) is 41.8 Å².